The second-order valence-electron chi connectivity index (χ2n) is 4.98. The first kappa shape index (κ1) is 17.4. The van der Waals surface area contributed by atoms with Gasteiger partial charge in [-0.3, -0.25) is 0 Å². The van der Waals surface area contributed by atoms with Gasteiger partial charge in [0.05, 0.1) is 12.2 Å². The summed E-state index contributed by atoms with van der Waals surface area (Å²) in [6.45, 7) is 3.55. The lowest BCUT2D eigenvalue weighted by atomic mass is 9.98. The maximum Gasteiger partial charge on any atom is 0.342 e. The van der Waals surface area contributed by atoms with Crippen molar-refractivity contribution in [3.05, 3.63) is 88.3 Å². The summed E-state index contributed by atoms with van der Waals surface area (Å²) in [6.07, 6.45) is 0. The molecule has 2 rings (SSSR count). The van der Waals surface area contributed by atoms with Crippen molar-refractivity contribution in [3.63, 3.8) is 0 Å². The molecule has 0 N–H and O–H groups in total. The lowest BCUT2D eigenvalue weighted by molar-refractivity contribution is -0.138. The van der Waals surface area contributed by atoms with Gasteiger partial charge in [-0.05, 0) is 49.2 Å². The van der Waals surface area contributed by atoms with E-state index in [2.05, 4.69) is 11.5 Å². The van der Waals surface area contributed by atoms with Gasteiger partial charge in [-0.15, -0.1) is 0 Å². The highest BCUT2D eigenvalue weighted by molar-refractivity contribution is 5.88. The van der Waals surface area contributed by atoms with Crippen LogP contribution in [0.15, 0.2) is 65.6 Å². The zero-order valence-corrected chi connectivity index (χ0v) is 13.4. The molecule has 24 heavy (non-hydrogen) atoms. The Morgan fingerprint density at radius 2 is 1.38 bits per heavy atom. The van der Waals surface area contributed by atoms with Crippen molar-refractivity contribution in [1.82, 2.24) is 0 Å². The van der Waals surface area contributed by atoms with Crippen LogP contribution in [0.3, 0.4) is 0 Å². The van der Waals surface area contributed by atoms with E-state index in [1.807, 2.05) is 0 Å². The van der Waals surface area contributed by atoms with Gasteiger partial charge in [0, 0.05) is 5.57 Å². The van der Waals surface area contributed by atoms with Gasteiger partial charge in [0.1, 0.15) is 11.6 Å². The van der Waals surface area contributed by atoms with Crippen LogP contribution in [0.2, 0.25) is 0 Å². The first-order valence-corrected chi connectivity index (χ1v) is 7.42. The van der Waals surface area contributed by atoms with Crippen molar-refractivity contribution in [2.45, 2.75) is 13.8 Å². The Kier molecular flexibility index (Phi) is 5.86. The fourth-order valence-electron chi connectivity index (χ4n) is 1.99. The minimum absolute atomic E-state index is 0.263. The van der Waals surface area contributed by atoms with E-state index < -0.39 is 5.97 Å². The third kappa shape index (κ3) is 4.53. The van der Waals surface area contributed by atoms with E-state index in [0.717, 1.165) is 0 Å². The van der Waals surface area contributed by atoms with Crippen LogP contribution in [-0.4, -0.2) is 12.6 Å². The van der Waals surface area contributed by atoms with Crippen LogP contribution in [-0.2, 0) is 9.53 Å². The van der Waals surface area contributed by atoms with Gasteiger partial charge >= 0.3 is 5.97 Å². The van der Waals surface area contributed by atoms with Crippen molar-refractivity contribution in [2.75, 3.05) is 6.61 Å². The van der Waals surface area contributed by atoms with Crippen LogP contribution in [0, 0.1) is 11.6 Å². The second-order valence-corrected chi connectivity index (χ2v) is 4.98. The van der Waals surface area contributed by atoms with Crippen LogP contribution < -0.4 is 0 Å². The van der Waals surface area contributed by atoms with Gasteiger partial charge in [-0.2, -0.15) is 0 Å². The minimum Gasteiger partial charge on any atom is -0.462 e. The van der Waals surface area contributed by atoms with E-state index in [1.165, 1.54) is 24.3 Å². The Morgan fingerprint density at radius 3 is 1.79 bits per heavy atom. The Hall–Kier alpha value is -2.93. The summed E-state index contributed by atoms with van der Waals surface area (Å²) in [4.78, 5) is 11.6. The summed E-state index contributed by atoms with van der Waals surface area (Å²) >= 11 is 0. The number of ether oxygens (including phenoxy) is 1. The molecule has 122 valence electrons. The molecule has 4 heteroatoms. The zero-order valence-electron chi connectivity index (χ0n) is 13.4. The predicted molar refractivity (Wildman–Crippen MR) is 88.2 cm³/mol. The largest absolute Gasteiger partial charge is 0.462 e. The van der Waals surface area contributed by atoms with E-state index >= 15 is 0 Å². The van der Waals surface area contributed by atoms with E-state index in [-0.39, 0.29) is 23.8 Å². The molecular weight excluding hydrogens is 310 g/mol. The summed E-state index contributed by atoms with van der Waals surface area (Å²) in [5.41, 5.74) is 7.85. The van der Waals surface area contributed by atoms with Crippen molar-refractivity contribution in [1.29, 1.82) is 0 Å². The smallest absolute Gasteiger partial charge is 0.342 e. The number of hydrogen-bond acceptors (Lipinski definition) is 2. The zero-order chi connectivity index (χ0) is 17.5. The second kappa shape index (κ2) is 8.07. The first-order chi connectivity index (χ1) is 11.5. The molecule has 2 nitrogen and oxygen atoms in total. The highest BCUT2D eigenvalue weighted by Gasteiger charge is 2.06. The molecule has 0 heterocycles. The van der Waals surface area contributed by atoms with Crippen LogP contribution in [0.1, 0.15) is 25.0 Å². The number of benzene rings is 2. The van der Waals surface area contributed by atoms with Crippen LogP contribution in [0.4, 0.5) is 8.78 Å². The molecule has 0 aliphatic carbocycles. The molecule has 0 saturated heterocycles. The molecule has 2 aromatic rings. The topological polar surface area (TPSA) is 26.3 Å². The fraction of sp³-hybridized carbons (Fsp3) is 0.150. The average molecular weight is 326 g/mol. The lowest BCUT2D eigenvalue weighted by Crippen LogP contribution is -2.03. The molecule has 0 atom stereocenters. The lowest BCUT2D eigenvalue weighted by Gasteiger charge is -2.05. The number of hydrogen-bond donors (Lipinski definition) is 0. The summed E-state index contributed by atoms with van der Waals surface area (Å²) in [5.74, 6) is -1.21. The van der Waals surface area contributed by atoms with E-state index in [9.17, 15) is 13.6 Å². The van der Waals surface area contributed by atoms with E-state index in [4.69, 9.17) is 4.74 Å². The van der Waals surface area contributed by atoms with Gasteiger partial charge in [0.2, 0.25) is 0 Å². The molecule has 0 bridgehead atoms. The summed E-state index contributed by atoms with van der Waals surface area (Å²) in [6, 6.07) is 11.6. The summed E-state index contributed by atoms with van der Waals surface area (Å²) in [7, 11) is 0. The Labute approximate surface area is 139 Å². The number of halogens is 2. The molecule has 0 aliphatic heterocycles. The normalized spacial score (nSPS) is 9.67. The molecule has 0 fully saturated rings. The highest BCUT2D eigenvalue weighted by Crippen LogP contribution is 2.23. The molecule has 0 amide bonds. The van der Waals surface area contributed by atoms with Crippen LogP contribution in [0.5, 0.6) is 0 Å². The number of rotatable bonds is 4. The van der Waals surface area contributed by atoms with E-state index in [1.54, 1.807) is 38.1 Å². The van der Waals surface area contributed by atoms with Crippen molar-refractivity contribution >= 4 is 11.5 Å². The molecule has 0 unspecified atom stereocenters. The monoisotopic (exact) mass is 326 g/mol. The molecular formula is C20H16F2O2. The summed E-state index contributed by atoms with van der Waals surface area (Å²) in [5, 5.41) is 0. The molecule has 0 saturated carbocycles. The predicted octanol–water partition coefficient (Wildman–Crippen LogP) is 4.66. The van der Waals surface area contributed by atoms with Crippen molar-refractivity contribution in [3.8, 4) is 0 Å². The Bertz CT molecular complexity index is 773. The molecule has 0 aromatic heterocycles. The number of carbonyl (C=O) groups is 1. The van der Waals surface area contributed by atoms with E-state index in [0.29, 0.717) is 16.7 Å². The maximum atomic E-state index is 13.1. The number of carbonyl (C=O) groups excluding carboxylic acids is 1. The Balaban J connectivity index is 2.60. The molecule has 0 aliphatic rings. The quantitative estimate of drug-likeness (QED) is 0.464. The standard InChI is InChI=1S/C20H16F2O2/c1-3-24-20(23)14(2)4-13-19(15-5-9-17(21)10-6-15)16-7-11-18(22)12-8-16/h5-12H,3H2,1-2H3. The fourth-order valence-corrected chi connectivity index (χ4v) is 1.99. The van der Waals surface area contributed by atoms with Crippen molar-refractivity contribution < 1.29 is 18.3 Å². The average Bonchev–Trinajstić information content (AvgIpc) is 2.58. The molecule has 2 aromatic carbocycles. The third-order valence-electron chi connectivity index (χ3n) is 3.22. The Morgan fingerprint density at radius 1 is 0.917 bits per heavy atom. The number of esters is 1. The van der Waals surface area contributed by atoms with Crippen molar-refractivity contribution in [2.24, 2.45) is 0 Å². The van der Waals surface area contributed by atoms with Gasteiger partial charge in [0.15, 0.2) is 0 Å². The summed E-state index contributed by atoms with van der Waals surface area (Å²) < 4.78 is 31.2. The maximum absolute atomic E-state index is 13.1. The van der Waals surface area contributed by atoms with Gasteiger partial charge in [0.25, 0.3) is 0 Å². The minimum atomic E-state index is -0.484. The SMILES string of the molecule is CCOC(=O)C(C)=C=C=C(c1ccc(F)cc1)c1ccc(F)cc1. The third-order valence-corrected chi connectivity index (χ3v) is 3.22. The van der Waals surface area contributed by atoms with Gasteiger partial charge < -0.3 is 4.74 Å². The molecule has 0 radical (unpaired) electrons. The highest BCUT2D eigenvalue weighted by atomic mass is 19.1. The van der Waals surface area contributed by atoms with Crippen LogP contribution >= 0.6 is 0 Å². The van der Waals surface area contributed by atoms with Gasteiger partial charge in [-0.1, -0.05) is 35.7 Å². The molecule has 0 spiro atoms. The first-order valence-electron chi connectivity index (χ1n) is 7.42. The van der Waals surface area contributed by atoms with Crippen LogP contribution in [0.25, 0.3) is 5.57 Å². The van der Waals surface area contributed by atoms with Gasteiger partial charge in [-0.25, -0.2) is 13.6 Å².